The van der Waals surface area contributed by atoms with Crippen LogP contribution in [0.1, 0.15) is 24.9 Å². The van der Waals surface area contributed by atoms with Crippen molar-refractivity contribution in [1.29, 1.82) is 0 Å². The first-order chi connectivity index (χ1) is 13.8. The number of rotatable bonds is 8. The van der Waals surface area contributed by atoms with Gasteiger partial charge in [0.2, 0.25) is 0 Å². The van der Waals surface area contributed by atoms with E-state index in [2.05, 4.69) is 37.7 Å². The van der Waals surface area contributed by atoms with Crippen LogP contribution in [0.3, 0.4) is 0 Å². The lowest BCUT2D eigenvalue weighted by molar-refractivity contribution is 0.210. The molecular weight excluding hydrogens is 354 g/mol. The standard InChI is InChI=1S/C21H21N5O2/c1-15(6-13-21-23-25-26-24-21)28-19-11-9-18(10-12-19)27-14-17-8-7-16-4-2-3-5-20(16)22-17/h2-5,7-12,15H,6,13-14H2,1H3,(H,23,24,25,26). The quantitative estimate of drug-likeness (QED) is 0.505. The fourth-order valence-electron chi connectivity index (χ4n) is 2.87. The maximum absolute atomic E-state index is 5.92. The van der Waals surface area contributed by atoms with Crippen molar-refractivity contribution in [2.75, 3.05) is 0 Å². The summed E-state index contributed by atoms with van der Waals surface area (Å²) in [7, 11) is 0. The van der Waals surface area contributed by atoms with Gasteiger partial charge >= 0.3 is 0 Å². The second kappa shape index (κ2) is 8.47. The molecular formula is C21H21N5O2. The third-order valence-electron chi connectivity index (χ3n) is 4.37. The zero-order valence-corrected chi connectivity index (χ0v) is 15.6. The normalized spacial score (nSPS) is 12.0. The Morgan fingerprint density at radius 1 is 0.964 bits per heavy atom. The van der Waals surface area contributed by atoms with E-state index in [1.807, 2.05) is 55.5 Å². The number of nitrogens with one attached hydrogen (secondary N) is 1. The predicted octanol–water partition coefficient (Wildman–Crippen LogP) is 3.73. The van der Waals surface area contributed by atoms with Crippen molar-refractivity contribution < 1.29 is 9.47 Å². The van der Waals surface area contributed by atoms with Gasteiger partial charge in [0.25, 0.3) is 0 Å². The molecule has 0 fully saturated rings. The zero-order chi connectivity index (χ0) is 19.2. The van der Waals surface area contributed by atoms with Gasteiger partial charge in [-0.2, -0.15) is 5.21 Å². The fraction of sp³-hybridized carbons (Fsp3) is 0.238. The minimum absolute atomic E-state index is 0.0482. The molecule has 7 nitrogen and oxygen atoms in total. The highest BCUT2D eigenvalue weighted by Crippen LogP contribution is 2.21. The molecule has 0 aliphatic heterocycles. The number of benzene rings is 2. The number of aromatic nitrogens is 5. The van der Waals surface area contributed by atoms with E-state index in [1.165, 1.54) is 0 Å². The number of hydrogen-bond donors (Lipinski definition) is 1. The van der Waals surface area contributed by atoms with Gasteiger partial charge in [0.05, 0.1) is 17.3 Å². The monoisotopic (exact) mass is 375 g/mol. The number of aryl methyl sites for hydroxylation is 1. The Morgan fingerprint density at radius 3 is 2.61 bits per heavy atom. The van der Waals surface area contributed by atoms with Gasteiger partial charge in [-0.25, -0.2) is 4.98 Å². The van der Waals surface area contributed by atoms with Gasteiger partial charge in [-0.15, -0.1) is 10.2 Å². The Bertz CT molecular complexity index is 1020. The molecule has 2 heterocycles. The van der Waals surface area contributed by atoms with E-state index in [4.69, 9.17) is 9.47 Å². The van der Waals surface area contributed by atoms with Crippen LogP contribution in [0.4, 0.5) is 0 Å². The number of H-pyrrole nitrogens is 1. The molecule has 7 heteroatoms. The van der Waals surface area contributed by atoms with Crippen LogP contribution in [0.5, 0.6) is 11.5 Å². The minimum Gasteiger partial charge on any atom is -0.491 e. The molecule has 1 atom stereocenters. The van der Waals surface area contributed by atoms with Crippen molar-refractivity contribution in [1.82, 2.24) is 25.6 Å². The summed E-state index contributed by atoms with van der Waals surface area (Å²) in [4.78, 5) is 4.62. The molecule has 0 radical (unpaired) electrons. The highest BCUT2D eigenvalue weighted by molar-refractivity contribution is 5.78. The van der Waals surface area contributed by atoms with Gasteiger partial charge in [0.1, 0.15) is 18.1 Å². The molecule has 142 valence electrons. The zero-order valence-electron chi connectivity index (χ0n) is 15.6. The van der Waals surface area contributed by atoms with Crippen LogP contribution >= 0.6 is 0 Å². The third kappa shape index (κ3) is 4.62. The number of hydrogen-bond acceptors (Lipinski definition) is 6. The van der Waals surface area contributed by atoms with E-state index in [0.717, 1.165) is 40.9 Å². The number of nitrogens with zero attached hydrogens (tertiary/aromatic N) is 4. The molecule has 4 aromatic rings. The third-order valence-corrected chi connectivity index (χ3v) is 4.37. The first kappa shape index (κ1) is 17.9. The van der Waals surface area contributed by atoms with Crippen molar-refractivity contribution in [2.24, 2.45) is 0 Å². The van der Waals surface area contributed by atoms with Gasteiger partial charge in [0, 0.05) is 11.8 Å². The molecule has 28 heavy (non-hydrogen) atoms. The fourth-order valence-corrected chi connectivity index (χ4v) is 2.87. The number of tetrazole rings is 1. The minimum atomic E-state index is 0.0482. The topological polar surface area (TPSA) is 85.8 Å². The Kier molecular flexibility index (Phi) is 5.42. The average molecular weight is 375 g/mol. The van der Waals surface area contributed by atoms with Crippen LogP contribution in [0.25, 0.3) is 10.9 Å². The molecule has 0 amide bonds. The Balaban J connectivity index is 1.28. The maximum atomic E-state index is 5.92. The van der Waals surface area contributed by atoms with E-state index >= 15 is 0 Å². The molecule has 0 saturated carbocycles. The van der Waals surface area contributed by atoms with Crippen LogP contribution < -0.4 is 9.47 Å². The molecule has 1 N–H and O–H groups in total. The Hall–Kier alpha value is -3.48. The molecule has 0 aliphatic carbocycles. The average Bonchev–Trinajstić information content (AvgIpc) is 3.25. The van der Waals surface area contributed by atoms with Crippen molar-refractivity contribution in [3.63, 3.8) is 0 Å². The molecule has 1 unspecified atom stereocenters. The molecule has 2 aromatic carbocycles. The second-order valence-electron chi connectivity index (χ2n) is 6.55. The predicted molar refractivity (Wildman–Crippen MR) is 105 cm³/mol. The van der Waals surface area contributed by atoms with Crippen LogP contribution in [0.15, 0.2) is 60.7 Å². The number of pyridine rings is 1. The molecule has 0 saturated heterocycles. The summed E-state index contributed by atoms with van der Waals surface area (Å²) in [6.07, 6.45) is 1.58. The summed E-state index contributed by atoms with van der Waals surface area (Å²) in [5, 5.41) is 15.0. The lowest BCUT2D eigenvalue weighted by atomic mass is 10.2. The van der Waals surface area contributed by atoms with Gasteiger partial charge in [-0.3, -0.25) is 0 Å². The summed E-state index contributed by atoms with van der Waals surface area (Å²) in [6.45, 7) is 2.45. The number of ether oxygens (including phenoxy) is 2. The van der Waals surface area contributed by atoms with Crippen LogP contribution in [-0.2, 0) is 13.0 Å². The molecule has 0 spiro atoms. The largest absolute Gasteiger partial charge is 0.491 e. The lowest BCUT2D eigenvalue weighted by Gasteiger charge is -2.14. The van der Waals surface area contributed by atoms with Crippen molar-refractivity contribution in [3.8, 4) is 11.5 Å². The smallest absolute Gasteiger partial charge is 0.174 e. The van der Waals surface area contributed by atoms with Crippen LogP contribution in [0, 0.1) is 0 Å². The Labute approximate surface area is 162 Å². The van der Waals surface area contributed by atoms with E-state index < -0.39 is 0 Å². The number of fused-ring (bicyclic) bond motifs is 1. The highest BCUT2D eigenvalue weighted by Gasteiger charge is 2.07. The van der Waals surface area contributed by atoms with Gasteiger partial charge in [-0.05, 0) is 49.7 Å². The second-order valence-corrected chi connectivity index (χ2v) is 6.55. The van der Waals surface area contributed by atoms with E-state index in [9.17, 15) is 0 Å². The SMILES string of the molecule is CC(CCc1nn[nH]n1)Oc1ccc(OCc2ccc3ccccc3n2)cc1. The van der Waals surface area contributed by atoms with Gasteiger partial charge in [0.15, 0.2) is 5.82 Å². The summed E-state index contributed by atoms with van der Waals surface area (Å²) < 4.78 is 11.8. The summed E-state index contributed by atoms with van der Waals surface area (Å²) in [6, 6.07) is 19.7. The number of aromatic amines is 1. The maximum Gasteiger partial charge on any atom is 0.174 e. The van der Waals surface area contributed by atoms with Crippen LogP contribution in [-0.4, -0.2) is 31.7 Å². The first-order valence-corrected chi connectivity index (χ1v) is 9.23. The molecule has 2 aromatic heterocycles. The highest BCUT2D eigenvalue weighted by atomic mass is 16.5. The van der Waals surface area contributed by atoms with Crippen molar-refractivity contribution >= 4 is 10.9 Å². The molecule has 0 bridgehead atoms. The van der Waals surface area contributed by atoms with Gasteiger partial charge in [-0.1, -0.05) is 29.5 Å². The molecule has 4 rings (SSSR count). The van der Waals surface area contributed by atoms with E-state index in [1.54, 1.807) is 0 Å². The molecule has 0 aliphatic rings. The van der Waals surface area contributed by atoms with Gasteiger partial charge < -0.3 is 9.47 Å². The van der Waals surface area contributed by atoms with Crippen LogP contribution in [0.2, 0.25) is 0 Å². The van der Waals surface area contributed by atoms with Crippen molar-refractivity contribution in [3.05, 3.63) is 72.2 Å². The first-order valence-electron chi connectivity index (χ1n) is 9.23. The lowest BCUT2D eigenvalue weighted by Crippen LogP contribution is -2.13. The van der Waals surface area contributed by atoms with E-state index in [0.29, 0.717) is 12.4 Å². The van der Waals surface area contributed by atoms with Crippen molar-refractivity contribution in [2.45, 2.75) is 32.5 Å². The number of para-hydroxylation sites is 1. The summed E-state index contributed by atoms with van der Waals surface area (Å²) in [5.41, 5.74) is 1.87. The summed E-state index contributed by atoms with van der Waals surface area (Å²) in [5.74, 6) is 2.28. The Morgan fingerprint density at radius 2 is 1.79 bits per heavy atom. The van der Waals surface area contributed by atoms with E-state index in [-0.39, 0.29) is 6.10 Å². The summed E-state index contributed by atoms with van der Waals surface area (Å²) >= 11 is 0.